The summed E-state index contributed by atoms with van der Waals surface area (Å²) in [7, 11) is -0.188. The van der Waals surface area contributed by atoms with Gasteiger partial charge in [0, 0.05) is 9.14 Å². The Morgan fingerprint density at radius 3 is 2.92 bits per heavy atom. The second-order valence-corrected chi connectivity index (χ2v) is 4.14. The second-order valence-electron chi connectivity index (χ2n) is 2.84. The standard InChI is InChI=1S/C9H8BIO2/c1-6(11)7-4-3-5-8-9(7)13-10(2)12-8/h3-5H,1H2,2H3. The number of hydrogen-bond donors (Lipinski definition) is 0. The molecule has 13 heavy (non-hydrogen) atoms. The van der Waals surface area contributed by atoms with Crippen molar-refractivity contribution in [1.29, 1.82) is 0 Å². The summed E-state index contributed by atoms with van der Waals surface area (Å²) in [5.74, 6) is 1.62. The molecule has 1 aliphatic rings. The van der Waals surface area contributed by atoms with E-state index in [0.717, 1.165) is 20.6 Å². The fourth-order valence-electron chi connectivity index (χ4n) is 1.31. The van der Waals surface area contributed by atoms with Crippen molar-refractivity contribution in [3.05, 3.63) is 30.3 Å². The summed E-state index contributed by atoms with van der Waals surface area (Å²) < 4.78 is 11.9. The van der Waals surface area contributed by atoms with Crippen LogP contribution in [0.5, 0.6) is 11.5 Å². The van der Waals surface area contributed by atoms with Gasteiger partial charge in [-0.3, -0.25) is 0 Å². The SMILES string of the molecule is C=C(I)c1cccc2c1OB(C)O2. The first-order chi connectivity index (χ1) is 6.18. The number of rotatable bonds is 1. The molecule has 0 N–H and O–H groups in total. The molecule has 0 spiro atoms. The van der Waals surface area contributed by atoms with Crippen LogP contribution in [0.1, 0.15) is 5.56 Å². The molecule has 0 saturated carbocycles. The molecule has 0 bridgehead atoms. The lowest BCUT2D eigenvalue weighted by Crippen LogP contribution is -2.18. The van der Waals surface area contributed by atoms with Crippen molar-refractivity contribution in [3.63, 3.8) is 0 Å². The maximum absolute atomic E-state index is 5.51. The molecule has 0 aliphatic carbocycles. The zero-order valence-corrected chi connectivity index (χ0v) is 9.37. The lowest BCUT2D eigenvalue weighted by atomic mass is 9.97. The van der Waals surface area contributed by atoms with Crippen molar-refractivity contribution in [2.75, 3.05) is 0 Å². The molecule has 0 aromatic heterocycles. The highest BCUT2D eigenvalue weighted by Crippen LogP contribution is 2.40. The first-order valence-corrected chi connectivity index (χ1v) is 5.07. The molecular weight excluding hydrogens is 278 g/mol. The molecule has 1 heterocycles. The Balaban J connectivity index is 2.51. The van der Waals surface area contributed by atoms with Crippen LogP contribution in [0.4, 0.5) is 0 Å². The van der Waals surface area contributed by atoms with Crippen LogP contribution in [-0.2, 0) is 0 Å². The third-order valence-electron chi connectivity index (χ3n) is 1.85. The summed E-state index contributed by atoms with van der Waals surface area (Å²) in [6, 6.07) is 5.83. The van der Waals surface area contributed by atoms with Crippen LogP contribution in [0, 0.1) is 0 Å². The van der Waals surface area contributed by atoms with Crippen LogP contribution in [-0.4, -0.2) is 7.12 Å². The van der Waals surface area contributed by atoms with Crippen molar-refractivity contribution in [2.45, 2.75) is 6.82 Å². The number of para-hydroxylation sites is 1. The van der Waals surface area contributed by atoms with Gasteiger partial charge in [0.05, 0.1) is 0 Å². The first-order valence-electron chi connectivity index (χ1n) is 3.99. The van der Waals surface area contributed by atoms with Crippen LogP contribution in [0.25, 0.3) is 3.58 Å². The molecule has 1 aromatic rings. The van der Waals surface area contributed by atoms with Crippen LogP contribution in [0.2, 0.25) is 6.82 Å². The largest absolute Gasteiger partial charge is 0.591 e. The van der Waals surface area contributed by atoms with Crippen LogP contribution >= 0.6 is 22.6 Å². The molecule has 2 rings (SSSR count). The summed E-state index contributed by atoms with van der Waals surface area (Å²) in [4.78, 5) is 0. The van der Waals surface area contributed by atoms with E-state index in [9.17, 15) is 0 Å². The maximum atomic E-state index is 5.51. The molecule has 0 unspecified atom stereocenters. The summed E-state index contributed by atoms with van der Waals surface area (Å²) in [6.07, 6.45) is 0. The average molecular weight is 286 g/mol. The van der Waals surface area contributed by atoms with Gasteiger partial charge < -0.3 is 9.31 Å². The lowest BCUT2D eigenvalue weighted by Gasteiger charge is -2.04. The van der Waals surface area contributed by atoms with Crippen LogP contribution < -0.4 is 9.31 Å². The van der Waals surface area contributed by atoms with E-state index in [2.05, 4.69) is 29.2 Å². The third-order valence-corrected chi connectivity index (χ3v) is 2.43. The molecule has 1 aliphatic heterocycles. The summed E-state index contributed by atoms with van der Waals surface area (Å²) in [5, 5.41) is 0. The molecule has 1 aromatic carbocycles. The number of hydrogen-bond acceptors (Lipinski definition) is 2. The zero-order chi connectivity index (χ0) is 9.42. The van der Waals surface area contributed by atoms with Crippen LogP contribution in [0.3, 0.4) is 0 Å². The van der Waals surface area contributed by atoms with E-state index in [1.165, 1.54) is 0 Å². The number of benzene rings is 1. The second kappa shape index (κ2) is 3.25. The topological polar surface area (TPSA) is 18.5 Å². The normalized spacial score (nSPS) is 13.2. The molecule has 0 amide bonds. The minimum Gasteiger partial charge on any atom is -0.523 e. The van der Waals surface area contributed by atoms with E-state index in [1.54, 1.807) is 0 Å². The van der Waals surface area contributed by atoms with Crippen molar-refractivity contribution in [3.8, 4) is 11.5 Å². The van der Waals surface area contributed by atoms with E-state index in [1.807, 2.05) is 25.0 Å². The van der Waals surface area contributed by atoms with E-state index in [0.29, 0.717) is 0 Å². The Morgan fingerprint density at radius 2 is 2.23 bits per heavy atom. The van der Waals surface area contributed by atoms with Crippen molar-refractivity contribution < 1.29 is 9.31 Å². The Bertz CT molecular complexity index is 365. The van der Waals surface area contributed by atoms with Gasteiger partial charge in [-0.2, -0.15) is 0 Å². The van der Waals surface area contributed by atoms with Crippen molar-refractivity contribution in [1.82, 2.24) is 0 Å². The summed E-state index contributed by atoms with van der Waals surface area (Å²) >= 11 is 2.18. The van der Waals surface area contributed by atoms with Crippen molar-refractivity contribution >= 4 is 33.3 Å². The number of halogens is 1. The maximum Gasteiger partial charge on any atom is 0.591 e. The van der Waals surface area contributed by atoms with Gasteiger partial charge in [-0.15, -0.1) is 0 Å². The Morgan fingerprint density at radius 1 is 1.46 bits per heavy atom. The Kier molecular flexibility index (Phi) is 2.23. The molecule has 0 radical (unpaired) electrons. The predicted molar refractivity (Wildman–Crippen MR) is 62.4 cm³/mol. The highest BCUT2D eigenvalue weighted by molar-refractivity contribution is 14.1. The minimum atomic E-state index is -0.188. The quantitative estimate of drug-likeness (QED) is 0.583. The Labute approximate surface area is 91.2 Å². The van der Waals surface area contributed by atoms with Gasteiger partial charge in [-0.25, -0.2) is 0 Å². The smallest absolute Gasteiger partial charge is 0.523 e. The van der Waals surface area contributed by atoms with Gasteiger partial charge in [0.2, 0.25) is 0 Å². The fourth-order valence-corrected chi connectivity index (χ4v) is 1.74. The van der Waals surface area contributed by atoms with Crippen molar-refractivity contribution in [2.24, 2.45) is 0 Å². The van der Waals surface area contributed by atoms with Gasteiger partial charge in [0.15, 0.2) is 5.75 Å². The van der Waals surface area contributed by atoms with Gasteiger partial charge in [0.25, 0.3) is 0 Å². The van der Waals surface area contributed by atoms with Gasteiger partial charge in [-0.1, -0.05) is 12.6 Å². The minimum absolute atomic E-state index is 0.188. The van der Waals surface area contributed by atoms with Gasteiger partial charge in [-0.05, 0) is 41.5 Å². The average Bonchev–Trinajstić information content (AvgIpc) is 2.43. The first kappa shape index (κ1) is 8.93. The van der Waals surface area contributed by atoms with E-state index in [-0.39, 0.29) is 7.12 Å². The summed E-state index contributed by atoms with van der Waals surface area (Å²) in [6.45, 7) is 5.75. The monoisotopic (exact) mass is 286 g/mol. The molecule has 4 heteroatoms. The van der Waals surface area contributed by atoms with E-state index in [4.69, 9.17) is 9.31 Å². The third kappa shape index (κ3) is 1.55. The Hall–Kier alpha value is -0.645. The highest BCUT2D eigenvalue weighted by Gasteiger charge is 2.28. The zero-order valence-electron chi connectivity index (χ0n) is 7.21. The predicted octanol–water partition coefficient (Wildman–Crippen LogP) is 2.98. The van der Waals surface area contributed by atoms with Gasteiger partial charge >= 0.3 is 7.12 Å². The highest BCUT2D eigenvalue weighted by atomic mass is 127. The lowest BCUT2D eigenvalue weighted by molar-refractivity contribution is 0.509. The fraction of sp³-hybridized carbons (Fsp3) is 0.111. The molecule has 2 nitrogen and oxygen atoms in total. The van der Waals surface area contributed by atoms with Crippen LogP contribution in [0.15, 0.2) is 24.8 Å². The van der Waals surface area contributed by atoms with Gasteiger partial charge in [0.1, 0.15) is 5.75 Å². The number of fused-ring (bicyclic) bond motifs is 1. The molecular formula is C9H8BIO2. The van der Waals surface area contributed by atoms with E-state index < -0.39 is 0 Å². The molecule has 0 saturated heterocycles. The molecule has 66 valence electrons. The molecule has 0 atom stereocenters. The van der Waals surface area contributed by atoms with E-state index >= 15 is 0 Å². The summed E-state index contributed by atoms with van der Waals surface area (Å²) in [5.41, 5.74) is 1.02. The molecule has 0 fully saturated rings.